The Morgan fingerprint density at radius 2 is 2.06 bits per heavy atom. The molecule has 0 saturated carbocycles. The number of aryl methyl sites for hydroxylation is 1. The molecule has 0 fully saturated rings. The third kappa shape index (κ3) is 3.42. The molecule has 4 nitrogen and oxygen atoms in total. The molecule has 1 aromatic heterocycles. The molecule has 0 spiro atoms. The molecule has 2 aromatic rings. The van der Waals surface area contributed by atoms with Gasteiger partial charge in [-0.3, -0.25) is 0 Å². The summed E-state index contributed by atoms with van der Waals surface area (Å²) in [5.74, 6) is 0.977. The summed E-state index contributed by atoms with van der Waals surface area (Å²) >= 11 is 2.30. The zero-order valence-corrected chi connectivity index (χ0v) is 11.9. The van der Waals surface area contributed by atoms with Crippen LogP contribution in [-0.2, 0) is 13.1 Å². The van der Waals surface area contributed by atoms with Crippen molar-refractivity contribution in [2.45, 2.75) is 26.4 Å². The van der Waals surface area contributed by atoms with E-state index in [1.165, 1.54) is 3.57 Å². The largest absolute Gasteiger partial charge is 0.378 e. The van der Waals surface area contributed by atoms with Gasteiger partial charge < -0.3 is 5.32 Å². The molecule has 0 atom stereocenters. The van der Waals surface area contributed by atoms with Gasteiger partial charge in [0.1, 0.15) is 12.2 Å². The summed E-state index contributed by atoms with van der Waals surface area (Å²) in [4.78, 5) is 4.26. The van der Waals surface area contributed by atoms with Crippen molar-refractivity contribution < 1.29 is 0 Å². The van der Waals surface area contributed by atoms with Crippen LogP contribution in [0.25, 0.3) is 0 Å². The zero-order valence-electron chi connectivity index (χ0n) is 9.73. The Labute approximate surface area is 115 Å². The zero-order chi connectivity index (χ0) is 12.1. The fraction of sp³-hybridized carbons (Fsp3) is 0.333. The van der Waals surface area contributed by atoms with E-state index < -0.39 is 0 Å². The SMILES string of the molecule is CCCn1ncnc1CNc1ccc(I)cc1. The second-order valence-corrected chi connectivity index (χ2v) is 5.01. The van der Waals surface area contributed by atoms with E-state index in [4.69, 9.17) is 0 Å². The van der Waals surface area contributed by atoms with Crippen molar-refractivity contribution in [2.75, 3.05) is 5.32 Å². The van der Waals surface area contributed by atoms with E-state index in [1.807, 2.05) is 4.68 Å². The van der Waals surface area contributed by atoms with Crippen LogP contribution in [0.3, 0.4) is 0 Å². The summed E-state index contributed by atoms with van der Waals surface area (Å²) in [6, 6.07) is 8.31. The summed E-state index contributed by atoms with van der Waals surface area (Å²) < 4.78 is 3.18. The molecule has 1 N–H and O–H groups in total. The Morgan fingerprint density at radius 3 is 2.76 bits per heavy atom. The highest BCUT2D eigenvalue weighted by atomic mass is 127. The van der Waals surface area contributed by atoms with Crippen molar-refractivity contribution >= 4 is 28.3 Å². The molecule has 0 bridgehead atoms. The van der Waals surface area contributed by atoms with E-state index in [2.05, 4.69) is 69.2 Å². The third-order valence-electron chi connectivity index (χ3n) is 2.43. The molecule has 17 heavy (non-hydrogen) atoms. The Bertz CT molecular complexity index is 464. The summed E-state index contributed by atoms with van der Waals surface area (Å²) in [7, 11) is 0. The van der Waals surface area contributed by atoms with Gasteiger partial charge in [0, 0.05) is 15.8 Å². The minimum atomic E-state index is 0.709. The Kier molecular flexibility index (Phi) is 4.36. The third-order valence-corrected chi connectivity index (χ3v) is 3.15. The van der Waals surface area contributed by atoms with Crippen LogP contribution in [0.2, 0.25) is 0 Å². The van der Waals surface area contributed by atoms with E-state index in [0.29, 0.717) is 6.54 Å². The van der Waals surface area contributed by atoms with Gasteiger partial charge in [-0.05, 0) is 53.3 Å². The molecular formula is C12H15IN4. The first-order valence-electron chi connectivity index (χ1n) is 5.65. The van der Waals surface area contributed by atoms with Gasteiger partial charge in [0.2, 0.25) is 0 Å². The molecule has 0 aliphatic heterocycles. The van der Waals surface area contributed by atoms with Gasteiger partial charge in [0.25, 0.3) is 0 Å². The Morgan fingerprint density at radius 1 is 1.29 bits per heavy atom. The molecule has 0 aliphatic rings. The first-order valence-corrected chi connectivity index (χ1v) is 6.73. The van der Waals surface area contributed by atoms with E-state index in [9.17, 15) is 0 Å². The number of hydrogen-bond acceptors (Lipinski definition) is 3. The van der Waals surface area contributed by atoms with Crippen molar-refractivity contribution in [2.24, 2.45) is 0 Å². The number of hydrogen-bond donors (Lipinski definition) is 1. The van der Waals surface area contributed by atoms with Gasteiger partial charge in [-0.15, -0.1) is 0 Å². The van der Waals surface area contributed by atoms with Crippen LogP contribution in [0, 0.1) is 3.57 Å². The lowest BCUT2D eigenvalue weighted by Gasteiger charge is -2.07. The van der Waals surface area contributed by atoms with Gasteiger partial charge in [0.15, 0.2) is 0 Å². The molecule has 2 rings (SSSR count). The van der Waals surface area contributed by atoms with E-state index in [-0.39, 0.29) is 0 Å². The highest BCUT2D eigenvalue weighted by Crippen LogP contribution is 2.11. The number of aromatic nitrogens is 3. The van der Waals surface area contributed by atoms with Crippen LogP contribution in [0.1, 0.15) is 19.2 Å². The van der Waals surface area contributed by atoms with Crippen LogP contribution in [-0.4, -0.2) is 14.8 Å². The maximum absolute atomic E-state index is 4.26. The van der Waals surface area contributed by atoms with Gasteiger partial charge in [-0.2, -0.15) is 5.10 Å². The van der Waals surface area contributed by atoms with Crippen molar-refractivity contribution in [1.82, 2.24) is 14.8 Å². The summed E-state index contributed by atoms with van der Waals surface area (Å²) in [5, 5.41) is 7.54. The summed E-state index contributed by atoms with van der Waals surface area (Å²) in [5.41, 5.74) is 1.11. The lowest BCUT2D eigenvalue weighted by Crippen LogP contribution is -2.10. The van der Waals surface area contributed by atoms with Gasteiger partial charge in [0.05, 0.1) is 6.54 Å². The van der Waals surface area contributed by atoms with E-state index in [0.717, 1.165) is 24.5 Å². The second-order valence-electron chi connectivity index (χ2n) is 3.76. The van der Waals surface area contributed by atoms with Crippen molar-refractivity contribution in [3.63, 3.8) is 0 Å². The maximum Gasteiger partial charge on any atom is 0.146 e. The van der Waals surface area contributed by atoms with E-state index >= 15 is 0 Å². The maximum atomic E-state index is 4.26. The number of rotatable bonds is 5. The Balaban J connectivity index is 1.97. The monoisotopic (exact) mass is 342 g/mol. The normalized spacial score (nSPS) is 10.5. The van der Waals surface area contributed by atoms with Crippen LogP contribution in [0.15, 0.2) is 30.6 Å². The molecule has 0 unspecified atom stereocenters. The number of nitrogens with zero attached hydrogens (tertiary/aromatic N) is 3. The summed E-state index contributed by atoms with van der Waals surface area (Å²) in [6.07, 6.45) is 2.68. The first kappa shape index (κ1) is 12.3. The fourth-order valence-corrected chi connectivity index (χ4v) is 1.93. The number of halogens is 1. The molecule has 0 radical (unpaired) electrons. The standard InChI is InChI=1S/C12H15IN4/c1-2-7-17-12(15-9-16-17)8-14-11-5-3-10(13)4-6-11/h3-6,9,14H,2,7-8H2,1H3. The quantitative estimate of drug-likeness (QED) is 0.850. The topological polar surface area (TPSA) is 42.7 Å². The summed E-state index contributed by atoms with van der Waals surface area (Å²) in [6.45, 7) is 3.77. The fourth-order valence-electron chi connectivity index (χ4n) is 1.57. The molecule has 1 aromatic carbocycles. The lowest BCUT2D eigenvalue weighted by molar-refractivity contribution is 0.574. The molecular weight excluding hydrogens is 327 g/mol. The smallest absolute Gasteiger partial charge is 0.146 e. The highest BCUT2D eigenvalue weighted by molar-refractivity contribution is 14.1. The predicted octanol–water partition coefficient (Wildman–Crippen LogP) is 2.90. The molecule has 0 saturated heterocycles. The molecule has 1 heterocycles. The van der Waals surface area contributed by atoms with Crippen molar-refractivity contribution in [1.29, 1.82) is 0 Å². The number of nitrogens with one attached hydrogen (secondary N) is 1. The second kappa shape index (κ2) is 6.00. The van der Waals surface area contributed by atoms with Gasteiger partial charge >= 0.3 is 0 Å². The van der Waals surface area contributed by atoms with Crippen LogP contribution < -0.4 is 5.32 Å². The number of benzene rings is 1. The van der Waals surface area contributed by atoms with E-state index in [1.54, 1.807) is 6.33 Å². The first-order chi connectivity index (χ1) is 8.29. The molecule has 5 heteroatoms. The lowest BCUT2D eigenvalue weighted by atomic mass is 10.3. The van der Waals surface area contributed by atoms with Gasteiger partial charge in [-0.1, -0.05) is 6.92 Å². The average molecular weight is 342 g/mol. The van der Waals surface area contributed by atoms with Gasteiger partial charge in [-0.25, -0.2) is 9.67 Å². The van der Waals surface area contributed by atoms with Crippen LogP contribution >= 0.6 is 22.6 Å². The number of anilines is 1. The van der Waals surface area contributed by atoms with Crippen molar-refractivity contribution in [3.8, 4) is 0 Å². The average Bonchev–Trinajstić information content (AvgIpc) is 2.77. The van der Waals surface area contributed by atoms with Crippen LogP contribution in [0.5, 0.6) is 0 Å². The van der Waals surface area contributed by atoms with Crippen LogP contribution in [0.4, 0.5) is 5.69 Å². The Hall–Kier alpha value is -1.11. The highest BCUT2D eigenvalue weighted by Gasteiger charge is 2.02. The minimum absolute atomic E-state index is 0.709. The minimum Gasteiger partial charge on any atom is -0.378 e. The molecule has 90 valence electrons. The van der Waals surface area contributed by atoms with Crippen molar-refractivity contribution in [3.05, 3.63) is 40.0 Å². The molecule has 0 amide bonds. The predicted molar refractivity (Wildman–Crippen MR) is 76.8 cm³/mol. The molecule has 0 aliphatic carbocycles.